The summed E-state index contributed by atoms with van der Waals surface area (Å²) in [7, 11) is 0. The lowest BCUT2D eigenvalue weighted by molar-refractivity contribution is -0.129. The first-order chi connectivity index (χ1) is 3.83. The molecule has 1 N–H and O–H groups in total. The molecule has 0 bridgehead atoms. The van der Waals surface area contributed by atoms with Crippen molar-refractivity contribution in [3.8, 4) is 0 Å². The van der Waals surface area contributed by atoms with E-state index >= 15 is 0 Å². The van der Waals surface area contributed by atoms with Gasteiger partial charge in [0.25, 0.3) is 0 Å². The van der Waals surface area contributed by atoms with Crippen LogP contribution in [0.25, 0.3) is 0 Å². The zero-order valence-corrected chi connectivity index (χ0v) is 4.41. The van der Waals surface area contributed by atoms with E-state index in [2.05, 4.69) is 0 Å². The summed E-state index contributed by atoms with van der Waals surface area (Å²) in [5, 5.41) is 8.65. The molecule has 0 spiro atoms. The van der Waals surface area contributed by atoms with E-state index in [0.29, 0.717) is 12.8 Å². The van der Waals surface area contributed by atoms with Gasteiger partial charge in [-0.3, -0.25) is 0 Å². The molecule has 0 saturated carbocycles. The molecular formula is C5H8O3. The Kier molecular flexibility index (Phi) is 1.60. The Bertz CT molecular complexity index is 91.7. The molecule has 1 saturated heterocycles. The summed E-state index contributed by atoms with van der Waals surface area (Å²) in [6, 6.07) is 0. The van der Waals surface area contributed by atoms with Crippen LogP contribution in [0.3, 0.4) is 0 Å². The summed E-state index contributed by atoms with van der Waals surface area (Å²) in [5.41, 5.74) is 0. The molecular weight excluding hydrogens is 108 g/mol. The first kappa shape index (κ1) is 5.72. The fourth-order valence-corrected chi connectivity index (χ4v) is 0.745. The molecule has 2 atom stereocenters. The fourth-order valence-electron chi connectivity index (χ4n) is 0.745. The molecule has 0 aliphatic carbocycles. The largest absolute Gasteiger partial charge is 0.368 e. The van der Waals surface area contributed by atoms with Crippen LogP contribution in [0.4, 0.5) is 0 Å². The summed E-state index contributed by atoms with van der Waals surface area (Å²) in [4.78, 5) is 9.92. The number of aliphatic hydroxyl groups excluding tert-OH is 1. The number of rotatable bonds is 1. The zero-order chi connectivity index (χ0) is 5.98. The minimum absolute atomic E-state index is 0.356. The van der Waals surface area contributed by atoms with Crippen LogP contribution in [0.5, 0.6) is 0 Å². The Morgan fingerprint density at radius 2 is 2.38 bits per heavy atom. The van der Waals surface area contributed by atoms with Gasteiger partial charge in [-0.2, -0.15) is 0 Å². The molecule has 8 heavy (non-hydrogen) atoms. The normalized spacial score (nSPS) is 37.6. The average molecular weight is 116 g/mol. The van der Waals surface area contributed by atoms with Gasteiger partial charge in [0.2, 0.25) is 0 Å². The second kappa shape index (κ2) is 2.24. The van der Waals surface area contributed by atoms with Crippen molar-refractivity contribution in [2.45, 2.75) is 25.2 Å². The van der Waals surface area contributed by atoms with Crippen molar-refractivity contribution in [3.63, 3.8) is 0 Å². The Labute approximate surface area is 47.3 Å². The number of hydrogen-bond acceptors (Lipinski definition) is 3. The minimum atomic E-state index is -0.704. The maximum atomic E-state index is 9.92. The predicted molar refractivity (Wildman–Crippen MR) is 26.2 cm³/mol. The van der Waals surface area contributed by atoms with E-state index in [-0.39, 0.29) is 6.10 Å². The average Bonchev–Trinajstić information content (AvgIpc) is 2.14. The van der Waals surface area contributed by atoms with E-state index in [0.717, 1.165) is 6.29 Å². The van der Waals surface area contributed by atoms with Gasteiger partial charge >= 0.3 is 0 Å². The van der Waals surface area contributed by atoms with E-state index in [9.17, 15) is 4.79 Å². The van der Waals surface area contributed by atoms with Crippen LogP contribution in [0.2, 0.25) is 0 Å². The number of carbonyl (C=O) groups excluding carboxylic acids is 1. The second-order valence-electron chi connectivity index (χ2n) is 1.84. The number of aliphatic hydroxyl groups is 1. The molecule has 1 aliphatic rings. The molecule has 3 heteroatoms. The van der Waals surface area contributed by atoms with Gasteiger partial charge in [-0.05, 0) is 6.42 Å². The zero-order valence-electron chi connectivity index (χ0n) is 4.41. The maximum absolute atomic E-state index is 9.92. The number of aldehydes is 1. The number of hydrogen-bond donors (Lipinski definition) is 1. The van der Waals surface area contributed by atoms with Crippen molar-refractivity contribution in [1.29, 1.82) is 0 Å². The lowest BCUT2D eigenvalue weighted by Crippen LogP contribution is -2.10. The topological polar surface area (TPSA) is 46.5 Å². The van der Waals surface area contributed by atoms with Crippen molar-refractivity contribution in [2.24, 2.45) is 0 Å². The van der Waals surface area contributed by atoms with Crippen LogP contribution >= 0.6 is 0 Å². The van der Waals surface area contributed by atoms with Crippen LogP contribution in [0.1, 0.15) is 12.8 Å². The molecule has 0 aromatic rings. The second-order valence-corrected chi connectivity index (χ2v) is 1.84. The van der Waals surface area contributed by atoms with Gasteiger partial charge in [0.05, 0.1) is 0 Å². The van der Waals surface area contributed by atoms with Crippen molar-refractivity contribution >= 4 is 6.29 Å². The Hall–Kier alpha value is -0.410. The highest BCUT2D eigenvalue weighted by Gasteiger charge is 2.21. The molecule has 0 aromatic heterocycles. The van der Waals surface area contributed by atoms with Crippen LogP contribution in [-0.2, 0) is 9.53 Å². The summed E-state index contributed by atoms with van der Waals surface area (Å²) in [5.74, 6) is 0. The highest BCUT2D eigenvalue weighted by molar-refractivity contribution is 5.56. The Morgan fingerprint density at radius 3 is 2.62 bits per heavy atom. The Balaban J connectivity index is 2.32. The Morgan fingerprint density at radius 1 is 1.62 bits per heavy atom. The molecule has 0 radical (unpaired) electrons. The van der Waals surface area contributed by atoms with Gasteiger partial charge < -0.3 is 14.6 Å². The minimum Gasteiger partial charge on any atom is -0.368 e. The summed E-state index contributed by atoms with van der Waals surface area (Å²) in [6.45, 7) is 0. The molecule has 1 fully saturated rings. The lowest BCUT2D eigenvalue weighted by atomic mass is 10.2. The first-order valence-electron chi connectivity index (χ1n) is 2.62. The van der Waals surface area contributed by atoms with E-state index < -0.39 is 6.29 Å². The third-order valence-corrected chi connectivity index (χ3v) is 1.18. The van der Waals surface area contributed by atoms with Crippen LogP contribution in [0.15, 0.2) is 0 Å². The first-order valence-corrected chi connectivity index (χ1v) is 2.62. The van der Waals surface area contributed by atoms with Crippen molar-refractivity contribution in [3.05, 3.63) is 0 Å². The van der Waals surface area contributed by atoms with Crippen molar-refractivity contribution < 1.29 is 14.6 Å². The van der Waals surface area contributed by atoms with Gasteiger partial charge in [-0.25, -0.2) is 0 Å². The van der Waals surface area contributed by atoms with Crippen LogP contribution in [-0.4, -0.2) is 23.8 Å². The van der Waals surface area contributed by atoms with Gasteiger partial charge in [-0.15, -0.1) is 0 Å². The molecule has 1 unspecified atom stereocenters. The van der Waals surface area contributed by atoms with E-state index in [1.165, 1.54) is 0 Å². The monoisotopic (exact) mass is 116 g/mol. The molecule has 0 aromatic carbocycles. The fraction of sp³-hybridized carbons (Fsp3) is 0.800. The molecule has 1 heterocycles. The van der Waals surface area contributed by atoms with Crippen molar-refractivity contribution in [2.75, 3.05) is 0 Å². The van der Waals surface area contributed by atoms with Crippen molar-refractivity contribution in [1.82, 2.24) is 0 Å². The molecule has 46 valence electrons. The van der Waals surface area contributed by atoms with Crippen LogP contribution < -0.4 is 0 Å². The van der Waals surface area contributed by atoms with Gasteiger partial charge in [-0.1, -0.05) is 0 Å². The summed E-state index contributed by atoms with van der Waals surface area (Å²) < 4.78 is 4.70. The maximum Gasteiger partial charge on any atom is 0.155 e. The lowest BCUT2D eigenvalue weighted by Gasteiger charge is -1.99. The van der Waals surface area contributed by atoms with Gasteiger partial charge in [0.1, 0.15) is 12.4 Å². The standard InChI is InChI=1S/C5H8O3/c6-3-4-1-2-5(7)8-4/h3-5,7H,1-2H2/t4-,5?/m1/s1. The SMILES string of the molecule is O=C[C@H]1CCC(O)O1. The molecule has 1 aliphatic heterocycles. The summed E-state index contributed by atoms with van der Waals surface area (Å²) >= 11 is 0. The number of carbonyl (C=O) groups is 1. The summed E-state index contributed by atoms with van der Waals surface area (Å²) in [6.07, 6.45) is 0.903. The van der Waals surface area contributed by atoms with E-state index in [4.69, 9.17) is 9.84 Å². The quantitative estimate of drug-likeness (QED) is 0.478. The van der Waals surface area contributed by atoms with E-state index in [1.54, 1.807) is 0 Å². The van der Waals surface area contributed by atoms with E-state index in [1.807, 2.05) is 0 Å². The highest BCUT2D eigenvalue weighted by atomic mass is 16.6. The third-order valence-electron chi connectivity index (χ3n) is 1.18. The predicted octanol–water partition coefficient (Wildman–Crippen LogP) is -0.317. The molecule has 1 rings (SSSR count). The molecule has 3 nitrogen and oxygen atoms in total. The third kappa shape index (κ3) is 1.05. The number of ether oxygens (including phenoxy) is 1. The van der Waals surface area contributed by atoms with Gasteiger partial charge in [0.15, 0.2) is 6.29 Å². The van der Waals surface area contributed by atoms with Gasteiger partial charge in [0, 0.05) is 6.42 Å². The highest BCUT2D eigenvalue weighted by Crippen LogP contribution is 2.14. The smallest absolute Gasteiger partial charge is 0.155 e. The molecule has 0 amide bonds. The van der Waals surface area contributed by atoms with Crippen LogP contribution in [0, 0.1) is 0 Å².